The highest BCUT2D eigenvalue weighted by molar-refractivity contribution is 4.96. The number of hydrogen-bond acceptors (Lipinski definition) is 2. The molecule has 0 unspecified atom stereocenters. The topological polar surface area (TPSA) is 35.2 Å². The summed E-state index contributed by atoms with van der Waals surface area (Å²) in [7, 11) is 0. The summed E-state index contributed by atoms with van der Waals surface area (Å²) < 4.78 is 5.47. The molecule has 9 heavy (non-hydrogen) atoms. The van der Waals surface area contributed by atoms with Gasteiger partial charge in [-0.3, -0.25) is 0 Å². The van der Waals surface area contributed by atoms with Crippen LogP contribution in [-0.4, -0.2) is 18.8 Å². The molecule has 52 valence electrons. The second kappa shape index (κ2) is 1.96. The third-order valence-electron chi connectivity index (χ3n) is 2.33. The van der Waals surface area contributed by atoms with E-state index in [1.54, 1.807) is 0 Å². The Morgan fingerprint density at radius 3 is 2.67 bits per heavy atom. The SMILES string of the molecule is N[C@@H]1C[C@H]1[C@H]1CCCO1. The molecule has 2 nitrogen and oxygen atoms in total. The van der Waals surface area contributed by atoms with Gasteiger partial charge >= 0.3 is 0 Å². The van der Waals surface area contributed by atoms with Crippen LogP contribution in [0, 0.1) is 5.92 Å². The first-order valence-electron chi connectivity index (χ1n) is 3.75. The van der Waals surface area contributed by atoms with E-state index < -0.39 is 0 Å². The van der Waals surface area contributed by atoms with E-state index in [1.165, 1.54) is 19.3 Å². The Balaban J connectivity index is 1.85. The maximum absolute atomic E-state index is 5.67. The smallest absolute Gasteiger partial charge is 0.0619 e. The molecule has 0 amide bonds. The largest absolute Gasteiger partial charge is 0.378 e. The summed E-state index contributed by atoms with van der Waals surface area (Å²) in [6.07, 6.45) is 4.22. The number of ether oxygens (including phenoxy) is 1. The summed E-state index contributed by atoms with van der Waals surface area (Å²) in [4.78, 5) is 0. The van der Waals surface area contributed by atoms with Crippen molar-refractivity contribution in [3.05, 3.63) is 0 Å². The van der Waals surface area contributed by atoms with Crippen molar-refractivity contribution in [2.45, 2.75) is 31.4 Å². The average Bonchev–Trinajstić information content (AvgIpc) is 2.44. The number of rotatable bonds is 1. The predicted octanol–water partition coefficient (Wildman–Crippen LogP) is 0.513. The molecule has 0 radical (unpaired) electrons. The van der Waals surface area contributed by atoms with E-state index in [0.29, 0.717) is 18.1 Å². The molecular weight excluding hydrogens is 114 g/mol. The molecule has 2 fully saturated rings. The first kappa shape index (κ1) is 5.69. The van der Waals surface area contributed by atoms with Crippen LogP contribution in [0.2, 0.25) is 0 Å². The third-order valence-corrected chi connectivity index (χ3v) is 2.33. The first-order chi connectivity index (χ1) is 4.38. The lowest BCUT2D eigenvalue weighted by Crippen LogP contribution is -2.14. The number of hydrogen-bond donors (Lipinski definition) is 1. The van der Waals surface area contributed by atoms with Gasteiger partial charge in [0.05, 0.1) is 6.10 Å². The van der Waals surface area contributed by atoms with Gasteiger partial charge in [-0.2, -0.15) is 0 Å². The highest BCUT2D eigenvalue weighted by Crippen LogP contribution is 2.37. The summed E-state index contributed by atoms with van der Waals surface area (Å²) in [5.41, 5.74) is 5.67. The van der Waals surface area contributed by atoms with Crippen LogP contribution in [0.25, 0.3) is 0 Å². The van der Waals surface area contributed by atoms with Gasteiger partial charge in [0.15, 0.2) is 0 Å². The Bertz CT molecular complexity index is 109. The van der Waals surface area contributed by atoms with Crippen molar-refractivity contribution < 1.29 is 4.74 Å². The summed E-state index contributed by atoms with van der Waals surface area (Å²) in [6, 6.07) is 0.466. The van der Waals surface area contributed by atoms with Crippen molar-refractivity contribution >= 4 is 0 Å². The molecule has 0 aromatic rings. The van der Waals surface area contributed by atoms with Crippen LogP contribution in [-0.2, 0) is 4.74 Å². The minimum atomic E-state index is 0.466. The molecule has 2 aliphatic rings. The molecular formula is C7H13NO. The van der Waals surface area contributed by atoms with Gasteiger partial charge in [0.1, 0.15) is 0 Å². The van der Waals surface area contributed by atoms with Crippen molar-refractivity contribution in [3.8, 4) is 0 Å². The fraction of sp³-hybridized carbons (Fsp3) is 1.00. The van der Waals surface area contributed by atoms with Crippen molar-refractivity contribution in [3.63, 3.8) is 0 Å². The average molecular weight is 127 g/mol. The Labute approximate surface area is 55.4 Å². The van der Waals surface area contributed by atoms with Gasteiger partial charge in [0.2, 0.25) is 0 Å². The van der Waals surface area contributed by atoms with Crippen molar-refractivity contribution in [2.75, 3.05) is 6.61 Å². The summed E-state index contributed by atoms with van der Waals surface area (Å²) in [5.74, 6) is 0.715. The van der Waals surface area contributed by atoms with Crippen LogP contribution in [0.1, 0.15) is 19.3 Å². The fourth-order valence-corrected chi connectivity index (χ4v) is 1.60. The van der Waals surface area contributed by atoms with Crippen LogP contribution in [0.3, 0.4) is 0 Å². The molecule has 1 heterocycles. The molecule has 3 atom stereocenters. The lowest BCUT2D eigenvalue weighted by atomic mass is 10.1. The standard InChI is InChI=1S/C7H13NO/c8-6-4-5(6)7-2-1-3-9-7/h5-7H,1-4,8H2/t5-,6-,7-/m1/s1. The highest BCUT2D eigenvalue weighted by Gasteiger charge is 2.41. The molecule has 0 spiro atoms. The van der Waals surface area contributed by atoms with Crippen molar-refractivity contribution in [1.29, 1.82) is 0 Å². The monoisotopic (exact) mass is 127 g/mol. The molecule has 2 rings (SSSR count). The van der Waals surface area contributed by atoms with Gasteiger partial charge in [-0.25, -0.2) is 0 Å². The van der Waals surface area contributed by atoms with E-state index in [4.69, 9.17) is 10.5 Å². The molecule has 0 aromatic carbocycles. The Hall–Kier alpha value is -0.0800. The van der Waals surface area contributed by atoms with Crippen LogP contribution >= 0.6 is 0 Å². The lowest BCUT2D eigenvalue weighted by molar-refractivity contribution is 0.0927. The third kappa shape index (κ3) is 0.970. The highest BCUT2D eigenvalue weighted by atomic mass is 16.5. The van der Waals surface area contributed by atoms with E-state index in [0.717, 1.165) is 6.61 Å². The Morgan fingerprint density at radius 1 is 1.44 bits per heavy atom. The van der Waals surface area contributed by atoms with E-state index in [-0.39, 0.29) is 0 Å². The Kier molecular flexibility index (Phi) is 1.24. The molecule has 2 heteroatoms. The van der Waals surface area contributed by atoms with E-state index in [9.17, 15) is 0 Å². The second-order valence-corrected chi connectivity index (χ2v) is 3.11. The van der Waals surface area contributed by atoms with Crippen LogP contribution in [0.15, 0.2) is 0 Å². The molecule has 0 bridgehead atoms. The molecule has 1 aliphatic carbocycles. The molecule has 1 saturated carbocycles. The zero-order valence-electron chi connectivity index (χ0n) is 5.55. The minimum Gasteiger partial charge on any atom is -0.378 e. The summed E-state index contributed by atoms with van der Waals surface area (Å²) >= 11 is 0. The van der Waals surface area contributed by atoms with Crippen molar-refractivity contribution in [2.24, 2.45) is 11.7 Å². The normalized spacial score (nSPS) is 49.7. The minimum absolute atomic E-state index is 0.466. The van der Waals surface area contributed by atoms with Gasteiger partial charge in [0.25, 0.3) is 0 Å². The van der Waals surface area contributed by atoms with Crippen molar-refractivity contribution in [1.82, 2.24) is 0 Å². The Morgan fingerprint density at radius 2 is 2.22 bits per heavy atom. The van der Waals surface area contributed by atoms with E-state index in [2.05, 4.69) is 0 Å². The summed E-state index contributed by atoms with van der Waals surface area (Å²) in [5, 5.41) is 0. The predicted molar refractivity (Wildman–Crippen MR) is 35.1 cm³/mol. The quantitative estimate of drug-likeness (QED) is 0.557. The zero-order chi connectivity index (χ0) is 6.27. The van der Waals surface area contributed by atoms with Gasteiger partial charge in [-0.1, -0.05) is 0 Å². The lowest BCUT2D eigenvalue weighted by Gasteiger charge is -2.05. The van der Waals surface area contributed by atoms with E-state index in [1.807, 2.05) is 0 Å². The fourth-order valence-electron chi connectivity index (χ4n) is 1.60. The maximum atomic E-state index is 5.67. The van der Waals surface area contributed by atoms with Crippen LogP contribution in [0.5, 0.6) is 0 Å². The van der Waals surface area contributed by atoms with Gasteiger partial charge in [0, 0.05) is 18.6 Å². The number of nitrogens with two attached hydrogens (primary N) is 1. The molecule has 1 saturated heterocycles. The van der Waals surface area contributed by atoms with Gasteiger partial charge in [-0.05, 0) is 19.3 Å². The van der Waals surface area contributed by atoms with Gasteiger partial charge in [-0.15, -0.1) is 0 Å². The van der Waals surface area contributed by atoms with Crippen LogP contribution < -0.4 is 5.73 Å². The first-order valence-corrected chi connectivity index (χ1v) is 3.75. The zero-order valence-corrected chi connectivity index (χ0v) is 5.55. The second-order valence-electron chi connectivity index (χ2n) is 3.11. The van der Waals surface area contributed by atoms with Gasteiger partial charge < -0.3 is 10.5 Å². The van der Waals surface area contributed by atoms with Crippen LogP contribution in [0.4, 0.5) is 0 Å². The maximum Gasteiger partial charge on any atom is 0.0619 e. The summed E-state index contributed by atoms with van der Waals surface area (Å²) in [6.45, 7) is 0.966. The molecule has 2 N–H and O–H groups in total. The van der Waals surface area contributed by atoms with E-state index >= 15 is 0 Å². The molecule has 1 aliphatic heterocycles. The molecule has 0 aromatic heterocycles.